The SMILES string of the molecule is CCN(Cc1sccc1C=CC(=O)O)C(C)C. The van der Waals surface area contributed by atoms with Crippen LogP contribution in [0.2, 0.25) is 0 Å². The summed E-state index contributed by atoms with van der Waals surface area (Å²) in [6, 6.07) is 2.46. The molecular weight excluding hydrogens is 234 g/mol. The largest absolute Gasteiger partial charge is 0.478 e. The van der Waals surface area contributed by atoms with Gasteiger partial charge in [0.15, 0.2) is 0 Å². The zero-order chi connectivity index (χ0) is 12.8. The molecule has 94 valence electrons. The minimum atomic E-state index is -0.904. The van der Waals surface area contributed by atoms with Crippen molar-refractivity contribution >= 4 is 23.4 Å². The predicted molar refractivity (Wildman–Crippen MR) is 72.2 cm³/mol. The highest BCUT2D eigenvalue weighted by Gasteiger charge is 2.10. The summed E-state index contributed by atoms with van der Waals surface area (Å²) in [5, 5.41) is 10.6. The van der Waals surface area contributed by atoms with E-state index >= 15 is 0 Å². The zero-order valence-electron chi connectivity index (χ0n) is 10.5. The zero-order valence-corrected chi connectivity index (χ0v) is 11.3. The number of hydrogen-bond acceptors (Lipinski definition) is 3. The summed E-state index contributed by atoms with van der Waals surface area (Å²) in [4.78, 5) is 14.1. The molecule has 1 N–H and O–H groups in total. The molecule has 1 heterocycles. The van der Waals surface area contributed by atoms with Gasteiger partial charge in [0.05, 0.1) is 0 Å². The van der Waals surface area contributed by atoms with Crippen molar-refractivity contribution in [3.8, 4) is 0 Å². The molecule has 0 aliphatic heterocycles. The summed E-state index contributed by atoms with van der Waals surface area (Å²) >= 11 is 1.68. The van der Waals surface area contributed by atoms with Crippen LogP contribution in [-0.4, -0.2) is 28.6 Å². The van der Waals surface area contributed by atoms with E-state index in [2.05, 4.69) is 25.7 Å². The van der Waals surface area contributed by atoms with E-state index in [9.17, 15) is 4.79 Å². The normalized spacial score (nSPS) is 11.8. The monoisotopic (exact) mass is 253 g/mol. The quantitative estimate of drug-likeness (QED) is 0.792. The Kier molecular flexibility index (Phi) is 5.38. The molecule has 0 radical (unpaired) electrons. The van der Waals surface area contributed by atoms with Crippen LogP contribution in [0.4, 0.5) is 0 Å². The van der Waals surface area contributed by atoms with Crippen LogP contribution < -0.4 is 0 Å². The van der Waals surface area contributed by atoms with E-state index in [1.165, 1.54) is 11.0 Å². The Morgan fingerprint density at radius 1 is 1.59 bits per heavy atom. The maximum absolute atomic E-state index is 10.5. The first kappa shape index (κ1) is 13.9. The summed E-state index contributed by atoms with van der Waals surface area (Å²) in [6.07, 6.45) is 2.86. The number of carbonyl (C=O) groups is 1. The van der Waals surface area contributed by atoms with Crippen molar-refractivity contribution < 1.29 is 9.90 Å². The van der Waals surface area contributed by atoms with E-state index in [1.807, 2.05) is 11.4 Å². The maximum atomic E-state index is 10.5. The molecule has 0 bridgehead atoms. The fraction of sp³-hybridized carbons (Fsp3) is 0.462. The second-order valence-electron chi connectivity index (χ2n) is 4.13. The van der Waals surface area contributed by atoms with E-state index < -0.39 is 5.97 Å². The van der Waals surface area contributed by atoms with Gasteiger partial charge in [-0.2, -0.15) is 0 Å². The van der Waals surface area contributed by atoms with E-state index in [0.717, 1.165) is 18.7 Å². The van der Waals surface area contributed by atoms with Crippen molar-refractivity contribution in [3.05, 3.63) is 28.0 Å². The molecule has 0 saturated heterocycles. The first-order chi connectivity index (χ1) is 8.04. The lowest BCUT2D eigenvalue weighted by molar-refractivity contribution is -0.131. The number of thiophene rings is 1. The van der Waals surface area contributed by atoms with Crippen LogP contribution in [0.25, 0.3) is 6.08 Å². The van der Waals surface area contributed by atoms with E-state index in [-0.39, 0.29) is 0 Å². The van der Waals surface area contributed by atoms with Crippen LogP contribution in [0.15, 0.2) is 17.5 Å². The Morgan fingerprint density at radius 3 is 2.82 bits per heavy atom. The maximum Gasteiger partial charge on any atom is 0.328 e. The lowest BCUT2D eigenvalue weighted by atomic mass is 10.2. The summed E-state index contributed by atoms with van der Waals surface area (Å²) in [5.41, 5.74) is 1.01. The molecular formula is C13H19NO2S. The lowest BCUT2D eigenvalue weighted by Crippen LogP contribution is -2.29. The van der Waals surface area contributed by atoms with E-state index in [4.69, 9.17) is 5.11 Å². The Bertz CT molecular complexity index is 396. The third-order valence-corrected chi connectivity index (χ3v) is 3.59. The van der Waals surface area contributed by atoms with Gasteiger partial charge in [0.1, 0.15) is 0 Å². The standard InChI is InChI=1S/C13H19NO2S/c1-4-14(10(2)3)9-12-11(7-8-17-12)5-6-13(15)16/h5-8,10H,4,9H2,1-3H3,(H,15,16). The van der Waals surface area contributed by atoms with Gasteiger partial charge >= 0.3 is 5.97 Å². The minimum absolute atomic E-state index is 0.499. The molecule has 4 heteroatoms. The number of carboxylic acids is 1. The highest BCUT2D eigenvalue weighted by atomic mass is 32.1. The summed E-state index contributed by atoms with van der Waals surface area (Å²) < 4.78 is 0. The van der Waals surface area contributed by atoms with Gasteiger partial charge in [-0.3, -0.25) is 4.90 Å². The minimum Gasteiger partial charge on any atom is -0.478 e. The van der Waals surface area contributed by atoms with Crippen molar-refractivity contribution in [1.29, 1.82) is 0 Å². The molecule has 1 aromatic rings. The Hall–Kier alpha value is -1.13. The Morgan fingerprint density at radius 2 is 2.29 bits per heavy atom. The molecule has 0 fully saturated rings. The average Bonchev–Trinajstić information content (AvgIpc) is 2.69. The van der Waals surface area contributed by atoms with E-state index in [0.29, 0.717) is 6.04 Å². The average molecular weight is 253 g/mol. The van der Waals surface area contributed by atoms with Crippen LogP contribution in [0.1, 0.15) is 31.2 Å². The van der Waals surface area contributed by atoms with Gasteiger partial charge in [0.25, 0.3) is 0 Å². The highest BCUT2D eigenvalue weighted by molar-refractivity contribution is 7.10. The topological polar surface area (TPSA) is 40.5 Å². The van der Waals surface area contributed by atoms with Crippen LogP contribution >= 0.6 is 11.3 Å². The van der Waals surface area contributed by atoms with Crippen molar-refractivity contribution in [1.82, 2.24) is 4.90 Å². The highest BCUT2D eigenvalue weighted by Crippen LogP contribution is 2.21. The third-order valence-electron chi connectivity index (χ3n) is 2.67. The molecule has 0 aromatic carbocycles. The first-order valence-electron chi connectivity index (χ1n) is 5.76. The molecule has 0 atom stereocenters. The van der Waals surface area contributed by atoms with Gasteiger partial charge in [-0.15, -0.1) is 11.3 Å². The van der Waals surface area contributed by atoms with Gasteiger partial charge < -0.3 is 5.11 Å². The molecule has 1 rings (SSSR count). The van der Waals surface area contributed by atoms with Crippen LogP contribution in [-0.2, 0) is 11.3 Å². The van der Waals surface area contributed by atoms with Crippen molar-refractivity contribution in [2.45, 2.75) is 33.4 Å². The Balaban J connectivity index is 2.78. The van der Waals surface area contributed by atoms with Crippen molar-refractivity contribution in [3.63, 3.8) is 0 Å². The molecule has 0 amide bonds. The Labute approximate surface area is 106 Å². The van der Waals surface area contributed by atoms with Gasteiger partial charge in [0, 0.05) is 23.5 Å². The number of rotatable bonds is 6. The molecule has 0 unspecified atom stereocenters. The second kappa shape index (κ2) is 6.57. The molecule has 17 heavy (non-hydrogen) atoms. The van der Waals surface area contributed by atoms with Gasteiger partial charge in [-0.1, -0.05) is 6.92 Å². The van der Waals surface area contributed by atoms with Crippen molar-refractivity contribution in [2.24, 2.45) is 0 Å². The predicted octanol–water partition coefficient (Wildman–Crippen LogP) is 3.08. The molecule has 0 saturated carbocycles. The second-order valence-corrected chi connectivity index (χ2v) is 5.13. The van der Waals surface area contributed by atoms with Gasteiger partial charge in [-0.05, 0) is 43.5 Å². The van der Waals surface area contributed by atoms with Gasteiger partial charge in [-0.25, -0.2) is 4.79 Å². The summed E-state index contributed by atoms with van der Waals surface area (Å²) in [5.74, 6) is -0.904. The smallest absolute Gasteiger partial charge is 0.328 e. The summed E-state index contributed by atoms with van der Waals surface area (Å²) in [7, 11) is 0. The van der Waals surface area contributed by atoms with E-state index in [1.54, 1.807) is 17.4 Å². The van der Waals surface area contributed by atoms with Gasteiger partial charge in [0.2, 0.25) is 0 Å². The fourth-order valence-corrected chi connectivity index (χ4v) is 2.52. The molecule has 0 aliphatic carbocycles. The number of nitrogens with zero attached hydrogens (tertiary/aromatic N) is 1. The third kappa shape index (κ3) is 4.32. The lowest BCUT2D eigenvalue weighted by Gasteiger charge is -2.24. The van der Waals surface area contributed by atoms with Crippen molar-refractivity contribution in [2.75, 3.05) is 6.54 Å². The molecule has 0 spiro atoms. The van der Waals surface area contributed by atoms with Crippen LogP contribution in [0, 0.1) is 0 Å². The summed E-state index contributed by atoms with van der Waals surface area (Å²) in [6.45, 7) is 8.36. The fourth-order valence-electron chi connectivity index (χ4n) is 1.63. The first-order valence-corrected chi connectivity index (χ1v) is 6.64. The number of aliphatic carboxylic acids is 1. The molecule has 1 aromatic heterocycles. The van der Waals surface area contributed by atoms with Crippen LogP contribution in [0.5, 0.6) is 0 Å². The van der Waals surface area contributed by atoms with Crippen LogP contribution in [0.3, 0.4) is 0 Å². The molecule has 0 aliphatic rings. The molecule has 3 nitrogen and oxygen atoms in total. The number of carboxylic acid groups (broad SMARTS) is 1. The number of hydrogen-bond donors (Lipinski definition) is 1.